The van der Waals surface area contributed by atoms with Gasteiger partial charge < -0.3 is 33.8 Å². The van der Waals surface area contributed by atoms with Gasteiger partial charge in [-0.05, 0) is 31.6 Å². The van der Waals surface area contributed by atoms with E-state index in [1.165, 1.54) is 77.0 Å². The van der Waals surface area contributed by atoms with Crippen molar-refractivity contribution in [3.8, 4) is 0 Å². The molecule has 3 N–H and O–H groups in total. The Morgan fingerprint density at radius 1 is 0.364 bits per heavy atom. The van der Waals surface area contributed by atoms with Crippen LogP contribution in [0.2, 0.25) is 0 Å². The molecule has 3 unspecified atom stereocenters. The summed E-state index contributed by atoms with van der Waals surface area (Å²) in [6.07, 6.45) is 34.1. The van der Waals surface area contributed by atoms with E-state index < -0.39 is 97.5 Å². The molecule has 0 fully saturated rings. The molecular formula is C58H112O17P2. The highest BCUT2D eigenvalue weighted by Gasteiger charge is 2.30. The molecule has 6 atom stereocenters. The van der Waals surface area contributed by atoms with Gasteiger partial charge in [0.1, 0.15) is 19.3 Å². The van der Waals surface area contributed by atoms with Gasteiger partial charge in [-0.2, -0.15) is 0 Å². The molecule has 19 heteroatoms. The smallest absolute Gasteiger partial charge is 0.462 e. The van der Waals surface area contributed by atoms with Crippen LogP contribution >= 0.6 is 15.6 Å². The SMILES string of the molecule is CCCCCCCCCC(=O)OC[C@H](COP(=O)(O)OC[C@@H](O)COP(=O)(O)OC[C@@H](COC(=O)CCCCCCC)OC(=O)CCCCCCCCC)OC(=O)CCCCCCCCCCCCCCCCC(C)CC. The zero-order valence-corrected chi connectivity index (χ0v) is 50.9. The third-order valence-corrected chi connectivity index (χ3v) is 15.5. The second kappa shape index (κ2) is 52.2. The normalized spacial score (nSPS) is 14.8. The lowest BCUT2D eigenvalue weighted by molar-refractivity contribution is -0.161. The Kier molecular flexibility index (Phi) is 50.8. The molecule has 0 rings (SSSR count). The fourth-order valence-electron chi connectivity index (χ4n) is 8.49. The van der Waals surface area contributed by atoms with Crippen molar-refractivity contribution in [3.63, 3.8) is 0 Å². The Balaban J connectivity index is 5.06. The second-order valence-corrected chi connectivity index (χ2v) is 24.2. The molecule has 77 heavy (non-hydrogen) atoms. The zero-order valence-electron chi connectivity index (χ0n) is 49.1. The first-order valence-corrected chi connectivity index (χ1v) is 33.7. The number of carbonyl (C=O) groups is 4. The third kappa shape index (κ3) is 51.9. The number of unbranched alkanes of at least 4 members (excludes halogenated alkanes) is 29. The molecule has 456 valence electrons. The predicted octanol–water partition coefficient (Wildman–Crippen LogP) is 15.5. The van der Waals surface area contributed by atoms with Crippen LogP contribution in [0.25, 0.3) is 0 Å². The molecule has 0 heterocycles. The van der Waals surface area contributed by atoms with Crippen LogP contribution in [-0.4, -0.2) is 96.7 Å². The Morgan fingerprint density at radius 3 is 0.922 bits per heavy atom. The number of hydrogen-bond donors (Lipinski definition) is 3. The topological polar surface area (TPSA) is 237 Å². The minimum Gasteiger partial charge on any atom is -0.462 e. The number of aliphatic hydroxyl groups excluding tert-OH is 1. The van der Waals surface area contributed by atoms with Crippen molar-refractivity contribution in [2.45, 2.75) is 303 Å². The monoisotopic (exact) mass is 1140 g/mol. The van der Waals surface area contributed by atoms with Gasteiger partial charge in [-0.25, -0.2) is 9.13 Å². The maximum absolute atomic E-state index is 12.9. The quantitative estimate of drug-likeness (QED) is 0.0222. The molecule has 0 saturated carbocycles. The maximum Gasteiger partial charge on any atom is 0.472 e. The van der Waals surface area contributed by atoms with Crippen LogP contribution < -0.4 is 0 Å². The van der Waals surface area contributed by atoms with Crippen LogP contribution in [0.3, 0.4) is 0 Å². The largest absolute Gasteiger partial charge is 0.472 e. The molecule has 0 amide bonds. The van der Waals surface area contributed by atoms with E-state index in [4.69, 9.17) is 37.0 Å². The van der Waals surface area contributed by atoms with Crippen molar-refractivity contribution >= 4 is 39.5 Å². The number of carbonyl (C=O) groups excluding carboxylic acids is 4. The molecule has 0 radical (unpaired) electrons. The summed E-state index contributed by atoms with van der Waals surface area (Å²) in [5, 5.41) is 10.5. The predicted molar refractivity (Wildman–Crippen MR) is 303 cm³/mol. The average molecular weight is 1140 g/mol. The molecule has 0 aromatic rings. The summed E-state index contributed by atoms with van der Waals surface area (Å²) in [4.78, 5) is 71.4. The minimum atomic E-state index is -4.93. The Bertz CT molecular complexity index is 1520. The molecule has 0 bridgehead atoms. The van der Waals surface area contributed by atoms with Crippen molar-refractivity contribution in [1.29, 1.82) is 0 Å². The van der Waals surface area contributed by atoms with E-state index in [-0.39, 0.29) is 25.7 Å². The highest BCUT2D eigenvalue weighted by atomic mass is 31.2. The summed E-state index contributed by atoms with van der Waals surface area (Å²) in [5.74, 6) is -1.32. The lowest BCUT2D eigenvalue weighted by Gasteiger charge is -2.21. The van der Waals surface area contributed by atoms with E-state index in [0.29, 0.717) is 25.7 Å². The summed E-state index contributed by atoms with van der Waals surface area (Å²) in [6.45, 7) is 7.03. The van der Waals surface area contributed by atoms with Gasteiger partial charge in [-0.15, -0.1) is 0 Å². The lowest BCUT2D eigenvalue weighted by Crippen LogP contribution is -2.30. The van der Waals surface area contributed by atoms with Crippen molar-refractivity contribution in [2.75, 3.05) is 39.6 Å². The van der Waals surface area contributed by atoms with Gasteiger partial charge in [-0.1, -0.05) is 234 Å². The summed E-state index contributed by atoms with van der Waals surface area (Å²) in [5.41, 5.74) is 0. The highest BCUT2D eigenvalue weighted by molar-refractivity contribution is 7.47. The molecule has 0 aliphatic rings. The number of rotatable bonds is 58. The lowest BCUT2D eigenvalue weighted by atomic mass is 9.99. The van der Waals surface area contributed by atoms with Gasteiger partial charge in [0, 0.05) is 25.7 Å². The number of esters is 4. The van der Waals surface area contributed by atoms with E-state index in [2.05, 4.69) is 34.6 Å². The van der Waals surface area contributed by atoms with Crippen LogP contribution in [-0.2, 0) is 65.4 Å². The summed E-state index contributed by atoms with van der Waals surface area (Å²) in [6, 6.07) is 0. The van der Waals surface area contributed by atoms with Crippen LogP contribution in [0.5, 0.6) is 0 Å². The number of phosphoric acid groups is 2. The van der Waals surface area contributed by atoms with Gasteiger partial charge in [0.2, 0.25) is 0 Å². The molecule has 0 spiro atoms. The fourth-order valence-corrected chi connectivity index (χ4v) is 10.1. The van der Waals surface area contributed by atoms with Gasteiger partial charge in [0.15, 0.2) is 12.2 Å². The molecule has 0 aliphatic carbocycles. The molecule has 0 aromatic carbocycles. The van der Waals surface area contributed by atoms with E-state index in [1.54, 1.807) is 0 Å². The van der Waals surface area contributed by atoms with Crippen LogP contribution in [0, 0.1) is 5.92 Å². The molecule has 0 saturated heterocycles. The zero-order chi connectivity index (χ0) is 57.1. The molecular weight excluding hydrogens is 1030 g/mol. The Hall–Kier alpha value is -1.94. The Morgan fingerprint density at radius 2 is 0.623 bits per heavy atom. The van der Waals surface area contributed by atoms with Crippen molar-refractivity contribution < 1.29 is 80.2 Å². The van der Waals surface area contributed by atoms with Crippen LogP contribution in [0.4, 0.5) is 0 Å². The van der Waals surface area contributed by atoms with Gasteiger partial charge in [0.05, 0.1) is 26.4 Å². The first-order chi connectivity index (χ1) is 37.1. The van der Waals surface area contributed by atoms with E-state index in [0.717, 1.165) is 128 Å². The minimum absolute atomic E-state index is 0.103. The first kappa shape index (κ1) is 75.1. The third-order valence-electron chi connectivity index (χ3n) is 13.6. The number of ether oxygens (including phenoxy) is 4. The number of phosphoric ester groups is 2. The fraction of sp³-hybridized carbons (Fsp3) is 0.931. The van der Waals surface area contributed by atoms with Crippen molar-refractivity contribution in [2.24, 2.45) is 5.92 Å². The summed E-state index contributed by atoms with van der Waals surface area (Å²) in [7, 11) is -9.85. The van der Waals surface area contributed by atoms with E-state index >= 15 is 0 Å². The summed E-state index contributed by atoms with van der Waals surface area (Å²) < 4.78 is 67.3. The standard InChI is InChI=1S/C58H112O17P2/c1-6-10-13-16-26-32-37-42-56(61)69-48-54(75-58(63)44-39-34-29-25-23-21-19-18-20-22-24-28-31-35-40-51(5)9-4)50-73-77(66,67)71-46-52(59)45-70-76(64,65)72-49-53(47-68-55(60)41-36-30-15-12-8-3)74-57(62)43-38-33-27-17-14-11-7-2/h51-54,59H,6-50H2,1-5H3,(H,64,65)(H,66,67)/t51?,52-,53+,54+/m0/s1. The van der Waals surface area contributed by atoms with Crippen molar-refractivity contribution in [3.05, 3.63) is 0 Å². The van der Waals surface area contributed by atoms with Crippen molar-refractivity contribution in [1.82, 2.24) is 0 Å². The average Bonchev–Trinajstić information content (AvgIpc) is 3.40. The maximum atomic E-state index is 12.9. The second-order valence-electron chi connectivity index (χ2n) is 21.3. The van der Waals surface area contributed by atoms with Gasteiger partial charge in [0.25, 0.3) is 0 Å². The van der Waals surface area contributed by atoms with Crippen LogP contribution in [0.15, 0.2) is 0 Å². The highest BCUT2D eigenvalue weighted by Crippen LogP contribution is 2.45. The number of aliphatic hydroxyl groups is 1. The molecule has 0 aromatic heterocycles. The first-order valence-electron chi connectivity index (χ1n) is 30.7. The Labute approximate surface area is 467 Å². The molecule has 17 nitrogen and oxygen atoms in total. The van der Waals surface area contributed by atoms with Gasteiger partial charge >= 0.3 is 39.5 Å². The molecule has 0 aliphatic heterocycles. The number of hydrogen-bond acceptors (Lipinski definition) is 15. The van der Waals surface area contributed by atoms with Gasteiger partial charge in [-0.3, -0.25) is 37.3 Å². The summed E-state index contributed by atoms with van der Waals surface area (Å²) >= 11 is 0. The van der Waals surface area contributed by atoms with E-state index in [9.17, 15) is 43.2 Å². The van der Waals surface area contributed by atoms with E-state index in [1.807, 2.05) is 0 Å². The van der Waals surface area contributed by atoms with Crippen LogP contribution in [0.1, 0.15) is 285 Å².